The van der Waals surface area contributed by atoms with E-state index in [0.717, 1.165) is 5.56 Å². The molecule has 1 unspecified atom stereocenters. The molecule has 7 heteroatoms. The quantitative estimate of drug-likeness (QED) is 0.725. The van der Waals surface area contributed by atoms with Crippen molar-refractivity contribution in [2.24, 2.45) is 0 Å². The number of amides is 1. The smallest absolute Gasteiger partial charge is 0.350 e. The second kappa shape index (κ2) is 7.31. The Kier molecular flexibility index (Phi) is 4.95. The number of rotatable bonds is 6. The van der Waals surface area contributed by atoms with Crippen LogP contribution in [0, 0.1) is 0 Å². The highest BCUT2D eigenvalue weighted by Gasteiger charge is 2.16. The Hall–Kier alpha value is -2.93. The molecule has 2 aromatic heterocycles. The summed E-state index contributed by atoms with van der Waals surface area (Å²) in [6.45, 7) is 0.355. The Labute approximate surface area is 145 Å². The van der Waals surface area contributed by atoms with Gasteiger partial charge in [0.25, 0.3) is 0 Å². The SMILES string of the molecule is CN(C)C(CNC(=O)Cn1nc2ccccn2c1=O)c1ccccc1. The number of carbonyl (C=O) groups is 1. The average molecular weight is 339 g/mol. The summed E-state index contributed by atoms with van der Waals surface area (Å²) in [5, 5.41) is 7.06. The Balaban J connectivity index is 1.67. The van der Waals surface area contributed by atoms with E-state index in [0.29, 0.717) is 12.2 Å². The fourth-order valence-corrected chi connectivity index (χ4v) is 2.75. The Morgan fingerprint density at radius 2 is 1.88 bits per heavy atom. The summed E-state index contributed by atoms with van der Waals surface area (Å²) >= 11 is 0. The van der Waals surface area contributed by atoms with Gasteiger partial charge < -0.3 is 10.2 Å². The molecule has 0 radical (unpaired) electrons. The molecule has 0 saturated heterocycles. The van der Waals surface area contributed by atoms with Gasteiger partial charge in [-0.15, -0.1) is 5.10 Å². The summed E-state index contributed by atoms with van der Waals surface area (Å²) < 4.78 is 2.59. The minimum absolute atomic E-state index is 0.0583. The first kappa shape index (κ1) is 16.9. The van der Waals surface area contributed by atoms with Gasteiger partial charge in [0, 0.05) is 12.7 Å². The minimum Gasteiger partial charge on any atom is -0.353 e. The number of nitrogens with one attached hydrogen (secondary N) is 1. The maximum atomic E-state index is 12.3. The van der Waals surface area contributed by atoms with Gasteiger partial charge >= 0.3 is 5.69 Å². The van der Waals surface area contributed by atoms with Crippen molar-refractivity contribution in [2.75, 3.05) is 20.6 Å². The van der Waals surface area contributed by atoms with Crippen LogP contribution in [0.15, 0.2) is 59.5 Å². The van der Waals surface area contributed by atoms with E-state index < -0.39 is 0 Å². The van der Waals surface area contributed by atoms with E-state index in [9.17, 15) is 9.59 Å². The number of nitrogens with zero attached hydrogens (tertiary/aromatic N) is 4. The maximum absolute atomic E-state index is 12.3. The van der Waals surface area contributed by atoms with E-state index in [1.165, 1.54) is 9.08 Å². The predicted octanol–water partition coefficient (Wildman–Crippen LogP) is 0.915. The van der Waals surface area contributed by atoms with Crippen LogP contribution in [0.1, 0.15) is 11.6 Å². The summed E-state index contributed by atoms with van der Waals surface area (Å²) in [6, 6.07) is 15.3. The molecule has 0 spiro atoms. The predicted molar refractivity (Wildman–Crippen MR) is 95.3 cm³/mol. The van der Waals surface area contributed by atoms with Crippen molar-refractivity contribution in [1.29, 1.82) is 0 Å². The van der Waals surface area contributed by atoms with Crippen molar-refractivity contribution in [2.45, 2.75) is 12.6 Å². The first-order valence-electron chi connectivity index (χ1n) is 8.08. The van der Waals surface area contributed by atoms with Crippen LogP contribution in [0.4, 0.5) is 0 Å². The second-order valence-electron chi connectivity index (χ2n) is 6.06. The molecule has 0 aliphatic carbocycles. The van der Waals surface area contributed by atoms with E-state index >= 15 is 0 Å². The molecule has 1 atom stereocenters. The number of benzene rings is 1. The number of hydrogen-bond acceptors (Lipinski definition) is 4. The third kappa shape index (κ3) is 3.77. The molecule has 0 aliphatic heterocycles. The molecule has 0 fully saturated rings. The van der Waals surface area contributed by atoms with Crippen molar-refractivity contribution in [3.8, 4) is 0 Å². The zero-order valence-corrected chi connectivity index (χ0v) is 14.3. The lowest BCUT2D eigenvalue weighted by Gasteiger charge is -2.25. The normalized spacial score (nSPS) is 12.4. The minimum atomic E-state index is -0.321. The van der Waals surface area contributed by atoms with E-state index in [4.69, 9.17) is 0 Å². The molecule has 1 amide bonds. The highest BCUT2D eigenvalue weighted by Crippen LogP contribution is 2.16. The van der Waals surface area contributed by atoms with Crippen LogP contribution in [0.5, 0.6) is 0 Å². The van der Waals surface area contributed by atoms with Gasteiger partial charge in [-0.1, -0.05) is 36.4 Å². The highest BCUT2D eigenvalue weighted by molar-refractivity contribution is 5.75. The Bertz CT molecular complexity index is 914. The Morgan fingerprint density at radius 3 is 2.56 bits per heavy atom. The number of pyridine rings is 1. The molecule has 3 aromatic rings. The molecule has 0 saturated carbocycles. The number of likely N-dealkylation sites (N-methyl/N-ethyl adjacent to an activating group) is 1. The van der Waals surface area contributed by atoms with Crippen molar-refractivity contribution in [1.82, 2.24) is 24.4 Å². The van der Waals surface area contributed by atoms with Gasteiger partial charge in [-0.25, -0.2) is 9.48 Å². The zero-order chi connectivity index (χ0) is 17.8. The molecular weight excluding hydrogens is 318 g/mol. The molecule has 25 heavy (non-hydrogen) atoms. The van der Waals surface area contributed by atoms with Gasteiger partial charge in [0.05, 0.1) is 6.04 Å². The van der Waals surface area contributed by atoms with Gasteiger partial charge in [-0.3, -0.25) is 9.20 Å². The van der Waals surface area contributed by atoms with Crippen LogP contribution in [0.25, 0.3) is 5.65 Å². The van der Waals surface area contributed by atoms with Crippen molar-refractivity contribution in [3.05, 3.63) is 70.8 Å². The molecular formula is C18H21N5O2. The molecule has 0 aliphatic rings. The van der Waals surface area contributed by atoms with Gasteiger partial charge in [-0.2, -0.15) is 0 Å². The molecule has 7 nitrogen and oxygen atoms in total. The lowest BCUT2D eigenvalue weighted by molar-refractivity contribution is -0.122. The van der Waals surface area contributed by atoms with Crippen LogP contribution in [-0.4, -0.2) is 45.6 Å². The van der Waals surface area contributed by atoms with Crippen LogP contribution in [0.2, 0.25) is 0 Å². The first-order chi connectivity index (χ1) is 12.1. The van der Waals surface area contributed by atoms with Crippen molar-refractivity contribution < 1.29 is 4.79 Å². The molecule has 130 valence electrons. The zero-order valence-electron chi connectivity index (χ0n) is 14.3. The molecule has 1 aromatic carbocycles. The molecule has 0 bridgehead atoms. The number of hydrogen-bond donors (Lipinski definition) is 1. The third-order valence-corrected chi connectivity index (χ3v) is 4.08. The number of aromatic nitrogens is 3. The Morgan fingerprint density at radius 1 is 1.16 bits per heavy atom. The summed E-state index contributed by atoms with van der Waals surface area (Å²) in [4.78, 5) is 26.5. The van der Waals surface area contributed by atoms with Crippen LogP contribution in [0.3, 0.4) is 0 Å². The maximum Gasteiger partial charge on any atom is 0.350 e. The fraction of sp³-hybridized carbons (Fsp3) is 0.278. The second-order valence-corrected chi connectivity index (χ2v) is 6.06. The van der Waals surface area contributed by atoms with E-state index in [2.05, 4.69) is 10.4 Å². The van der Waals surface area contributed by atoms with Gasteiger partial charge in [-0.05, 0) is 31.8 Å². The molecule has 2 heterocycles. The monoisotopic (exact) mass is 339 g/mol. The van der Waals surface area contributed by atoms with Gasteiger partial charge in [0.15, 0.2) is 5.65 Å². The van der Waals surface area contributed by atoms with Crippen LogP contribution < -0.4 is 11.0 Å². The highest BCUT2D eigenvalue weighted by atomic mass is 16.2. The van der Waals surface area contributed by atoms with Crippen molar-refractivity contribution in [3.63, 3.8) is 0 Å². The summed E-state index contributed by atoms with van der Waals surface area (Å²) in [6.07, 6.45) is 1.64. The first-order valence-corrected chi connectivity index (χ1v) is 8.08. The molecule has 1 N–H and O–H groups in total. The summed E-state index contributed by atoms with van der Waals surface area (Å²) in [7, 11) is 3.94. The van der Waals surface area contributed by atoms with Crippen molar-refractivity contribution >= 4 is 11.6 Å². The summed E-state index contributed by atoms with van der Waals surface area (Å²) in [5.74, 6) is -0.242. The standard InChI is InChI=1S/C18H21N5O2/c1-21(2)15(14-8-4-3-5-9-14)12-19-17(24)13-23-18(25)22-11-7-6-10-16(22)20-23/h3-11,15H,12-13H2,1-2H3,(H,19,24). The van der Waals surface area contributed by atoms with Gasteiger partial charge in [0.1, 0.15) is 6.54 Å². The van der Waals surface area contributed by atoms with Gasteiger partial charge in [0.2, 0.25) is 5.91 Å². The van der Waals surface area contributed by atoms with E-state index in [1.54, 1.807) is 24.4 Å². The third-order valence-electron chi connectivity index (χ3n) is 4.08. The topological polar surface area (TPSA) is 71.6 Å². The lowest BCUT2D eigenvalue weighted by atomic mass is 10.1. The van der Waals surface area contributed by atoms with E-state index in [-0.39, 0.29) is 24.2 Å². The van der Waals surface area contributed by atoms with Crippen LogP contribution in [-0.2, 0) is 11.3 Å². The van der Waals surface area contributed by atoms with E-state index in [1.807, 2.05) is 49.3 Å². The number of carbonyl (C=O) groups excluding carboxylic acids is 1. The number of fused-ring (bicyclic) bond motifs is 1. The largest absolute Gasteiger partial charge is 0.353 e. The van der Waals surface area contributed by atoms with Crippen LogP contribution >= 0.6 is 0 Å². The fourth-order valence-electron chi connectivity index (χ4n) is 2.75. The average Bonchev–Trinajstić information content (AvgIpc) is 2.92. The molecule has 3 rings (SSSR count). The summed E-state index contributed by atoms with van der Waals surface area (Å²) in [5.41, 5.74) is 1.33. The lowest BCUT2D eigenvalue weighted by Crippen LogP contribution is -2.38.